The summed E-state index contributed by atoms with van der Waals surface area (Å²) in [4.78, 5) is 44.6. The number of aliphatic hydroxyl groups excluding tert-OH is 1. The van der Waals surface area contributed by atoms with E-state index < -0.39 is 12.0 Å². The Bertz CT molecular complexity index is 1410. The van der Waals surface area contributed by atoms with Crippen LogP contribution in [0.4, 0.5) is 0 Å². The molecule has 3 unspecified atom stereocenters. The number of amides is 2. The predicted octanol–water partition coefficient (Wildman–Crippen LogP) is 5.01. The van der Waals surface area contributed by atoms with Gasteiger partial charge in [-0.1, -0.05) is 54.6 Å². The van der Waals surface area contributed by atoms with Gasteiger partial charge in [0, 0.05) is 36.5 Å². The number of fused-ring (bicyclic) bond motifs is 2. The Morgan fingerprint density at radius 2 is 1.84 bits per heavy atom. The van der Waals surface area contributed by atoms with E-state index in [0.29, 0.717) is 38.6 Å². The van der Waals surface area contributed by atoms with Gasteiger partial charge in [0.05, 0.1) is 24.6 Å². The second-order valence-corrected chi connectivity index (χ2v) is 11.2. The van der Waals surface area contributed by atoms with E-state index >= 15 is 0 Å². The minimum Gasteiger partial charge on any atom is -0.463 e. The summed E-state index contributed by atoms with van der Waals surface area (Å²) in [7, 11) is 0. The quantitative estimate of drug-likeness (QED) is 0.124. The highest BCUT2D eigenvalue weighted by molar-refractivity contribution is 5.87. The summed E-state index contributed by atoms with van der Waals surface area (Å²) in [6.45, 7) is 7.80. The zero-order chi connectivity index (χ0) is 30.6. The Labute approximate surface area is 253 Å². The van der Waals surface area contributed by atoms with Crippen LogP contribution in [0.1, 0.15) is 55.2 Å². The number of hydrogen-bond acceptors (Lipinski definition) is 5. The molecule has 228 valence electrons. The summed E-state index contributed by atoms with van der Waals surface area (Å²) in [6, 6.07) is 15.0. The van der Waals surface area contributed by atoms with Crippen LogP contribution in [-0.2, 0) is 38.5 Å². The number of nitrogens with one attached hydrogen (secondary N) is 2. The number of ether oxygens (including phenoxy) is 1. The molecule has 0 fully saturated rings. The monoisotopic (exact) mass is 585 g/mol. The number of rotatable bonds is 16. The van der Waals surface area contributed by atoms with Gasteiger partial charge >= 0.3 is 5.97 Å². The summed E-state index contributed by atoms with van der Waals surface area (Å²) in [5, 5.41) is 14.2. The molecule has 0 spiro atoms. The van der Waals surface area contributed by atoms with Crippen LogP contribution in [0.25, 0.3) is 10.9 Å². The van der Waals surface area contributed by atoms with Gasteiger partial charge in [-0.3, -0.25) is 14.4 Å². The van der Waals surface area contributed by atoms with Crippen molar-refractivity contribution in [2.75, 3.05) is 13.2 Å². The number of aromatic nitrogens is 1. The van der Waals surface area contributed by atoms with Gasteiger partial charge in [-0.2, -0.15) is 0 Å². The number of carbonyl (C=O) groups is 3. The van der Waals surface area contributed by atoms with Crippen molar-refractivity contribution in [3.63, 3.8) is 0 Å². The average Bonchev–Trinajstić information content (AvgIpc) is 3.43. The molecule has 2 amide bonds. The van der Waals surface area contributed by atoms with Crippen molar-refractivity contribution >= 4 is 28.7 Å². The molecular formula is C35H43N3O5. The molecule has 3 N–H and O–H groups in total. The van der Waals surface area contributed by atoms with E-state index in [1.165, 1.54) is 0 Å². The van der Waals surface area contributed by atoms with Gasteiger partial charge in [-0.05, 0) is 61.3 Å². The lowest BCUT2D eigenvalue weighted by atomic mass is 9.92. The number of carbonyl (C=O) groups excluding carboxylic acids is 3. The molecule has 0 radical (unpaired) electrons. The van der Waals surface area contributed by atoms with E-state index in [4.69, 9.17) is 4.74 Å². The summed E-state index contributed by atoms with van der Waals surface area (Å²) < 4.78 is 5.61. The molecule has 0 saturated carbocycles. The first kappa shape index (κ1) is 31.8. The minimum absolute atomic E-state index is 0.0145. The molecule has 3 aromatic rings. The van der Waals surface area contributed by atoms with Crippen LogP contribution in [0.15, 0.2) is 80.0 Å². The lowest BCUT2D eigenvalue weighted by molar-refractivity contribution is -0.145. The van der Waals surface area contributed by atoms with Gasteiger partial charge in [-0.15, -0.1) is 13.2 Å². The molecule has 1 aliphatic heterocycles. The van der Waals surface area contributed by atoms with Crippen molar-refractivity contribution in [3.8, 4) is 0 Å². The van der Waals surface area contributed by atoms with E-state index in [1.54, 1.807) is 11.0 Å². The molecular weight excluding hydrogens is 542 g/mol. The third kappa shape index (κ3) is 8.67. The van der Waals surface area contributed by atoms with E-state index in [1.807, 2.05) is 60.8 Å². The highest BCUT2D eigenvalue weighted by Gasteiger charge is 2.32. The predicted molar refractivity (Wildman–Crippen MR) is 168 cm³/mol. The fraction of sp³-hybridized carbons (Fsp3) is 0.400. The Morgan fingerprint density at radius 1 is 1.07 bits per heavy atom. The maximum atomic E-state index is 13.7. The number of esters is 1. The zero-order valence-electron chi connectivity index (χ0n) is 24.8. The molecule has 0 bridgehead atoms. The van der Waals surface area contributed by atoms with Gasteiger partial charge in [0.25, 0.3) is 0 Å². The summed E-state index contributed by atoms with van der Waals surface area (Å²) >= 11 is 0. The van der Waals surface area contributed by atoms with Gasteiger partial charge in [0.2, 0.25) is 11.8 Å². The topological polar surface area (TPSA) is 112 Å². The maximum absolute atomic E-state index is 13.7. The van der Waals surface area contributed by atoms with Crippen LogP contribution < -0.4 is 5.32 Å². The summed E-state index contributed by atoms with van der Waals surface area (Å²) in [6.07, 6.45) is 9.43. The van der Waals surface area contributed by atoms with Crippen LogP contribution in [0, 0.1) is 5.92 Å². The van der Waals surface area contributed by atoms with Gasteiger partial charge in [-0.25, -0.2) is 0 Å². The Balaban J connectivity index is 1.45. The van der Waals surface area contributed by atoms with Crippen molar-refractivity contribution in [1.29, 1.82) is 0 Å². The van der Waals surface area contributed by atoms with E-state index in [9.17, 15) is 19.5 Å². The van der Waals surface area contributed by atoms with Crippen molar-refractivity contribution in [3.05, 3.63) is 96.7 Å². The number of aromatic amines is 1. The second kappa shape index (κ2) is 15.9. The Hall–Kier alpha value is -4.17. The zero-order valence-corrected chi connectivity index (χ0v) is 24.8. The molecule has 2 aromatic carbocycles. The number of para-hydroxylation sites is 1. The Kier molecular flexibility index (Phi) is 11.7. The molecule has 1 aromatic heterocycles. The van der Waals surface area contributed by atoms with Crippen molar-refractivity contribution in [1.82, 2.24) is 15.2 Å². The van der Waals surface area contributed by atoms with E-state index in [-0.39, 0.29) is 43.5 Å². The van der Waals surface area contributed by atoms with Crippen molar-refractivity contribution in [2.45, 2.75) is 70.0 Å². The molecule has 43 heavy (non-hydrogen) atoms. The third-order valence-electron chi connectivity index (χ3n) is 8.10. The molecule has 8 heteroatoms. The smallest absolute Gasteiger partial charge is 0.305 e. The molecule has 0 saturated heterocycles. The SMILES string of the molecule is C=CCCCCC(=O)OCC(Cc1c[nH]c2ccccc12)NC(=O)C(CC=C)CC(=O)N1Cc2ccccc2CC1CO. The molecule has 1 aliphatic rings. The van der Waals surface area contributed by atoms with Gasteiger partial charge in [0.1, 0.15) is 6.61 Å². The number of unbranched alkanes of at least 4 members (excludes halogenated alkanes) is 2. The number of aliphatic hydroxyl groups is 1. The van der Waals surface area contributed by atoms with Crippen LogP contribution in [0.3, 0.4) is 0 Å². The number of H-pyrrole nitrogens is 1. The Morgan fingerprint density at radius 3 is 2.60 bits per heavy atom. The molecule has 4 rings (SSSR count). The lowest BCUT2D eigenvalue weighted by Gasteiger charge is -2.36. The molecule has 3 atom stereocenters. The fourth-order valence-electron chi connectivity index (χ4n) is 5.72. The largest absolute Gasteiger partial charge is 0.463 e. The van der Waals surface area contributed by atoms with Crippen LogP contribution >= 0.6 is 0 Å². The first-order valence-electron chi connectivity index (χ1n) is 15.1. The summed E-state index contributed by atoms with van der Waals surface area (Å²) in [5.41, 5.74) is 4.16. The van der Waals surface area contributed by atoms with Crippen LogP contribution in [0.5, 0.6) is 0 Å². The van der Waals surface area contributed by atoms with Gasteiger partial charge in [0.15, 0.2) is 0 Å². The van der Waals surface area contributed by atoms with Crippen LogP contribution in [-0.4, -0.2) is 58.1 Å². The number of hydrogen-bond donors (Lipinski definition) is 3. The highest BCUT2D eigenvalue weighted by atomic mass is 16.5. The number of benzene rings is 2. The fourth-order valence-corrected chi connectivity index (χ4v) is 5.72. The molecule has 0 aliphatic carbocycles. The molecule has 2 heterocycles. The number of nitrogens with zero attached hydrogens (tertiary/aromatic N) is 1. The summed E-state index contributed by atoms with van der Waals surface area (Å²) in [5.74, 6) is -1.44. The van der Waals surface area contributed by atoms with Crippen LogP contribution in [0.2, 0.25) is 0 Å². The normalized spacial score (nSPS) is 15.7. The van der Waals surface area contributed by atoms with Crippen molar-refractivity contribution in [2.24, 2.45) is 5.92 Å². The first-order chi connectivity index (χ1) is 20.9. The minimum atomic E-state index is -0.651. The van der Waals surface area contributed by atoms with E-state index in [0.717, 1.165) is 40.4 Å². The van der Waals surface area contributed by atoms with E-state index in [2.05, 4.69) is 23.5 Å². The first-order valence-corrected chi connectivity index (χ1v) is 15.1. The standard InChI is InChI=1S/C35H43N3O5/c1-3-5-6-7-17-34(41)43-24-29(18-28-21-36-32-16-11-10-15-31(28)32)37-35(42)26(12-4-2)20-33(40)38-22-27-14-9-8-13-25(27)19-30(38)23-39/h3-4,8-11,13-16,21,26,29-30,36,39H,1-2,5-7,12,17-20,22-24H2,(H,37,42). The highest BCUT2D eigenvalue weighted by Crippen LogP contribution is 2.26. The average molecular weight is 586 g/mol. The second-order valence-electron chi connectivity index (χ2n) is 11.2. The van der Waals surface area contributed by atoms with Gasteiger partial charge < -0.3 is 25.0 Å². The maximum Gasteiger partial charge on any atom is 0.305 e. The number of allylic oxidation sites excluding steroid dienone is 2. The molecule has 8 nitrogen and oxygen atoms in total. The lowest BCUT2D eigenvalue weighted by Crippen LogP contribution is -2.48. The van der Waals surface area contributed by atoms with Crippen molar-refractivity contribution < 1.29 is 24.2 Å². The third-order valence-corrected chi connectivity index (χ3v) is 8.10.